The van der Waals surface area contributed by atoms with Gasteiger partial charge >= 0.3 is 5.69 Å². The summed E-state index contributed by atoms with van der Waals surface area (Å²) >= 11 is 0. The molecule has 2 fully saturated rings. The van der Waals surface area contributed by atoms with Crippen LogP contribution in [0.2, 0.25) is 0 Å². The van der Waals surface area contributed by atoms with Crippen LogP contribution in [0.5, 0.6) is 0 Å². The second kappa shape index (κ2) is 9.30. The topological polar surface area (TPSA) is 172 Å². The number of likely N-dealkylation sites (tertiary alicyclic amines) is 1. The van der Waals surface area contributed by atoms with E-state index in [1.54, 1.807) is 36.5 Å². The first kappa shape index (κ1) is 26.3. The Bertz CT molecular complexity index is 1680. The van der Waals surface area contributed by atoms with Crippen LogP contribution in [0.15, 0.2) is 29.3 Å². The number of aryl methyl sites for hydroxylation is 3. The average molecular weight is 550 g/mol. The molecule has 2 atom stereocenters. The number of aliphatic hydroxyl groups is 1. The molecule has 0 saturated carbocycles. The Morgan fingerprint density at radius 3 is 2.62 bits per heavy atom. The Morgan fingerprint density at radius 1 is 1.15 bits per heavy atom. The number of piperidine rings is 1. The van der Waals surface area contributed by atoms with Crippen molar-refractivity contribution in [3.8, 4) is 0 Å². The molecule has 40 heavy (non-hydrogen) atoms. The van der Waals surface area contributed by atoms with Crippen LogP contribution < -0.4 is 17.2 Å². The van der Waals surface area contributed by atoms with E-state index in [0.717, 1.165) is 16.6 Å². The zero-order valence-corrected chi connectivity index (χ0v) is 23.0. The maximum atomic E-state index is 13.1. The van der Waals surface area contributed by atoms with E-state index in [1.807, 2.05) is 27.7 Å². The van der Waals surface area contributed by atoms with Crippen molar-refractivity contribution in [2.24, 2.45) is 14.1 Å². The molecule has 1 amide bonds. The number of nitrogens with two attached hydrogens (primary N) is 2. The third-order valence-corrected chi connectivity index (χ3v) is 8.75. The first-order valence-corrected chi connectivity index (χ1v) is 13.5. The van der Waals surface area contributed by atoms with Gasteiger partial charge in [0.05, 0.1) is 35.6 Å². The zero-order valence-electron chi connectivity index (χ0n) is 23.0. The molecule has 0 radical (unpaired) electrons. The maximum absolute atomic E-state index is 13.1. The summed E-state index contributed by atoms with van der Waals surface area (Å²) in [6, 6.07) is 5.54. The normalized spacial score (nSPS) is 22.9. The van der Waals surface area contributed by atoms with Gasteiger partial charge in [0, 0.05) is 40.0 Å². The molecular weight excluding hydrogens is 514 g/mol. The molecule has 3 aromatic heterocycles. The van der Waals surface area contributed by atoms with E-state index in [4.69, 9.17) is 16.2 Å². The van der Waals surface area contributed by atoms with Crippen molar-refractivity contribution in [3.63, 3.8) is 0 Å². The Hall–Kier alpha value is -3.97. The minimum absolute atomic E-state index is 0.0488. The highest BCUT2D eigenvalue weighted by atomic mass is 16.5. The van der Waals surface area contributed by atoms with Crippen LogP contribution in [0.3, 0.4) is 0 Å². The summed E-state index contributed by atoms with van der Waals surface area (Å²) in [5.74, 6) is 0.342. The Morgan fingerprint density at radius 2 is 1.88 bits per heavy atom. The molecule has 5 heterocycles. The van der Waals surface area contributed by atoms with Crippen LogP contribution in [0, 0.1) is 0 Å². The molecule has 2 saturated heterocycles. The summed E-state index contributed by atoms with van der Waals surface area (Å²) in [5.41, 5.74) is 13.8. The molecular formula is C27H35N9O4. The lowest BCUT2D eigenvalue weighted by atomic mass is 9.77. The summed E-state index contributed by atoms with van der Waals surface area (Å²) in [7, 11) is 3.52. The van der Waals surface area contributed by atoms with Crippen LogP contribution in [0.1, 0.15) is 44.2 Å². The fourth-order valence-corrected chi connectivity index (χ4v) is 6.24. The van der Waals surface area contributed by atoms with Crippen LogP contribution in [-0.2, 0) is 30.0 Å². The number of carbonyl (C=O) groups is 1. The van der Waals surface area contributed by atoms with Crippen molar-refractivity contribution in [2.45, 2.75) is 56.3 Å². The molecule has 4 aromatic rings. The molecule has 0 bridgehead atoms. The second-order valence-electron chi connectivity index (χ2n) is 11.4. The van der Waals surface area contributed by atoms with Gasteiger partial charge in [-0.2, -0.15) is 9.97 Å². The van der Waals surface area contributed by atoms with Crippen LogP contribution in [0.25, 0.3) is 22.2 Å². The van der Waals surface area contributed by atoms with Gasteiger partial charge < -0.3 is 30.8 Å². The van der Waals surface area contributed by atoms with Crippen molar-refractivity contribution >= 4 is 39.9 Å². The van der Waals surface area contributed by atoms with Crippen molar-refractivity contribution in [1.29, 1.82) is 0 Å². The number of hydrogen-bond donors (Lipinski definition) is 3. The number of hydrogen-bond acceptors (Lipinski definition) is 9. The Balaban J connectivity index is 1.13. The lowest BCUT2D eigenvalue weighted by molar-refractivity contribution is -0.201. The highest BCUT2D eigenvalue weighted by molar-refractivity contribution is 5.83. The number of rotatable bonds is 4. The molecule has 0 aliphatic carbocycles. The summed E-state index contributed by atoms with van der Waals surface area (Å²) in [6.45, 7) is 3.04. The molecule has 2 aliphatic heterocycles. The summed E-state index contributed by atoms with van der Waals surface area (Å²) in [4.78, 5) is 40.0. The molecule has 6 rings (SSSR count). The molecule has 2 aliphatic rings. The van der Waals surface area contributed by atoms with Gasteiger partial charge in [-0.3, -0.25) is 13.9 Å². The highest BCUT2D eigenvalue weighted by Gasteiger charge is 2.50. The second-order valence-corrected chi connectivity index (χ2v) is 11.4. The standard InChI is InChI=1S/C27H35N9O4/c1-26(39)14-40-27(13-19(26)36-15-30-21-22(28)31-24(29)32-23(21)36)8-10-35(11-9-27)20(37)7-5-16-4-6-17-18(12-16)34(3)25(38)33(17)2/h4,6,12,15,19,39H,5,7-11,13-14H2,1-3H3,(H4,28,29,31,32)/t19-,26-/m0/s1. The lowest BCUT2D eigenvalue weighted by Crippen LogP contribution is -2.57. The van der Waals surface area contributed by atoms with E-state index in [2.05, 4.69) is 15.0 Å². The number of benzene rings is 1. The number of aromatic nitrogens is 6. The van der Waals surface area contributed by atoms with E-state index in [-0.39, 0.29) is 36.0 Å². The zero-order chi connectivity index (χ0) is 28.4. The quantitative estimate of drug-likeness (QED) is 0.334. The molecule has 13 heteroatoms. The summed E-state index contributed by atoms with van der Waals surface area (Å²) < 4.78 is 11.4. The molecule has 212 valence electrons. The van der Waals surface area contributed by atoms with E-state index in [0.29, 0.717) is 56.4 Å². The van der Waals surface area contributed by atoms with Gasteiger partial charge in [0.15, 0.2) is 11.5 Å². The summed E-state index contributed by atoms with van der Waals surface area (Å²) in [6.07, 6.45) is 4.47. The number of anilines is 2. The number of ether oxygens (including phenoxy) is 1. The van der Waals surface area contributed by atoms with E-state index in [9.17, 15) is 14.7 Å². The molecule has 13 nitrogen and oxygen atoms in total. The average Bonchev–Trinajstić information content (AvgIpc) is 3.44. The van der Waals surface area contributed by atoms with Crippen LogP contribution in [0.4, 0.5) is 11.8 Å². The van der Waals surface area contributed by atoms with E-state index >= 15 is 0 Å². The van der Waals surface area contributed by atoms with Gasteiger partial charge in [0.1, 0.15) is 11.1 Å². The van der Waals surface area contributed by atoms with Gasteiger partial charge in [0.25, 0.3) is 0 Å². The minimum atomic E-state index is -1.16. The number of carbonyl (C=O) groups excluding carboxylic acids is 1. The third-order valence-electron chi connectivity index (χ3n) is 8.75. The predicted octanol–water partition coefficient (Wildman–Crippen LogP) is 0.888. The van der Waals surface area contributed by atoms with Gasteiger partial charge in [-0.1, -0.05) is 6.07 Å². The molecule has 1 spiro atoms. The van der Waals surface area contributed by atoms with Gasteiger partial charge in [-0.05, 0) is 43.9 Å². The first-order chi connectivity index (χ1) is 19.0. The minimum Gasteiger partial charge on any atom is -0.386 e. The number of fused-ring (bicyclic) bond motifs is 2. The predicted molar refractivity (Wildman–Crippen MR) is 149 cm³/mol. The SMILES string of the molecule is Cn1c(=O)n(C)c2cc(CCC(=O)N3CCC4(CC3)C[C@H](n3cnc5c(N)nc(N)nc53)[C@@](C)(O)CO4)ccc21. The fraction of sp³-hybridized carbons (Fsp3) is 0.519. The van der Waals surface area contributed by atoms with Crippen molar-refractivity contribution < 1.29 is 14.6 Å². The number of amides is 1. The van der Waals surface area contributed by atoms with E-state index in [1.165, 1.54) is 0 Å². The van der Waals surface area contributed by atoms with Gasteiger partial charge in [-0.15, -0.1) is 0 Å². The number of nitrogens with zero attached hydrogens (tertiary/aromatic N) is 7. The lowest BCUT2D eigenvalue weighted by Gasteiger charge is -2.51. The molecule has 1 aromatic carbocycles. The smallest absolute Gasteiger partial charge is 0.328 e. The number of imidazole rings is 2. The van der Waals surface area contributed by atoms with Gasteiger partial charge in [0.2, 0.25) is 11.9 Å². The molecule has 5 N–H and O–H groups in total. The highest BCUT2D eigenvalue weighted by Crippen LogP contribution is 2.44. The van der Waals surface area contributed by atoms with Crippen molar-refractivity contribution in [1.82, 2.24) is 33.6 Å². The van der Waals surface area contributed by atoms with Crippen LogP contribution in [-0.4, -0.2) is 75.5 Å². The molecule has 0 unspecified atom stereocenters. The summed E-state index contributed by atoms with van der Waals surface area (Å²) in [5, 5.41) is 11.3. The van der Waals surface area contributed by atoms with E-state index < -0.39 is 11.2 Å². The van der Waals surface area contributed by atoms with Crippen LogP contribution >= 0.6 is 0 Å². The van der Waals surface area contributed by atoms with Gasteiger partial charge in [-0.25, -0.2) is 9.78 Å². The Labute approximate surface area is 230 Å². The Kier molecular flexibility index (Phi) is 6.11. The van der Waals surface area contributed by atoms with Crippen molar-refractivity contribution in [2.75, 3.05) is 31.2 Å². The first-order valence-electron chi connectivity index (χ1n) is 13.5. The monoisotopic (exact) mass is 549 g/mol. The largest absolute Gasteiger partial charge is 0.386 e. The maximum Gasteiger partial charge on any atom is 0.328 e. The third kappa shape index (κ3) is 4.29. The number of nitrogen functional groups attached to an aromatic ring is 2. The van der Waals surface area contributed by atoms with Crippen molar-refractivity contribution in [3.05, 3.63) is 40.6 Å². The fourth-order valence-electron chi connectivity index (χ4n) is 6.24.